The van der Waals surface area contributed by atoms with Gasteiger partial charge in [-0.15, -0.1) is 16.9 Å². The van der Waals surface area contributed by atoms with Crippen molar-refractivity contribution < 1.29 is 14.0 Å². The fourth-order valence-electron chi connectivity index (χ4n) is 2.39. The molecule has 138 valence electrons. The zero-order chi connectivity index (χ0) is 19.4. The molecule has 3 rings (SSSR count). The molecule has 0 fully saturated rings. The molecule has 0 saturated heterocycles. The van der Waals surface area contributed by atoms with Crippen LogP contribution in [0.15, 0.2) is 57.8 Å². The molecule has 1 heterocycles. The van der Waals surface area contributed by atoms with Gasteiger partial charge < -0.3 is 4.42 Å². The summed E-state index contributed by atoms with van der Waals surface area (Å²) in [6.45, 7) is 5.73. The van der Waals surface area contributed by atoms with Crippen LogP contribution in [0, 0.1) is 0 Å². The number of rotatable bonds is 6. The Hall–Kier alpha value is -2.93. The van der Waals surface area contributed by atoms with Gasteiger partial charge in [0.05, 0.1) is 0 Å². The molecule has 0 radical (unpaired) electrons. The van der Waals surface area contributed by atoms with E-state index in [1.165, 1.54) is 6.92 Å². The molecule has 0 aliphatic rings. The van der Waals surface area contributed by atoms with Crippen LogP contribution in [-0.2, 0) is 0 Å². The number of amides is 1. The van der Waals surface area contributed by atoms with Crippen molar-refractivity contribution >= 4 is 29.5 Å². The lowest BCUT2D eigenvalue weighted by atomic mass is 10.1. The van der Waals surface area contributed by atoms with E-state index >= 15 is 0 Å². The van der Waals surface area contributed by atoms with Crippen molar-refractivity contribution in [2.75, 3.05) is 5.32 Å². The van der Waals surface area contributed by atoms with E-state index in [4.69, 9.17) is 4.42 Å². The van der Waals surface area contributed by atoms with Gasteiger partial charge in [0.2, 0.25) is 5.89 Å². The molecule has 0 unspecified atom stereocenters. The number of aromatic nitrogens is 2. The number of nitrogens with zero attached hydrogens (tertiary/aromatic N) is 2. The zero-order valence-corrected chi connectivity index (χ0v) is 16.0. The number of ketones is 1. The SMILES string of the molecule is CC(=O)c1ccc(C(=O)Nc2nnc(-c3cccc(SC(C)C)c3)o2)cc1. The molecule has 7 heteroatoms. The van der Waals surface area contributed by atoms with Crippen LogP contribution < -0.4 is 5.32 Å². The van der Waals surface area contributed by atoms with Gasteiger partial charge in [-0.25, -0.2) is 0 Å². The number of hydrogen-bond donors (Lipinski definition) is 1. The maximum absolute atomic E-state index is 12.3. The Bertz CT molecular complexity index is 965. The predicted octanol–water partition coefficient (Wildman–Crippen LogP) is 4.69. The molecule has 6 nitrogen and oxygen atoms in total. The minimum absolute atomic E-state index is 0.0209. The van der Waals surface area contributed by atoms with E-state index in [-0.39, 0.29) is 17.7 Å². The average molecular weight is 381 g/mol. The van der Waals surface area contributed by atoms with Crippen LogP contribution in [0.1, 0.15) is 41.5 Å². The number of Topliss-reactive ketones (excluding diaryl/α,β-unsaturated/α-hetero) is 1. The number of anilines is 1. The Kier molecular flexibility index (Phi) is 5.71. The second-order valence-corrected chi connectivity index (χ2v) is 7.84. The first kappa shape index (κ1) is 18.8. The molecule has 0 bridgehead atoms. The predicted molar refractivity (Wildman–Crippen MR) is 105 cm³/mol. The number of nitrogens with one attached hydrogen (secondary N) is 1. The largest absolute Gasteiger partial charge is 0.403 e. The average Bonchev–Trinajstić information content (AvgIpc) is 3.10. The van der Waals surface area contributed by atoms with Crippen molar-refractivity contribution in [2.45, 2.75) is 30.9 Å². The van der Waals surface area contributed by atoms with Crippen molar-refractivity contribution in [3.05, 3.63) is 59.7 Å². The summed E-state index contributed by atoms with van der Waals surface area (Å²) in [5, 5.41) is 10.9. The van der Waals surface area contributed by atoms with Crippen LogP contribution in [0.2, 0.25) is 0 Å². The third-order valence-electron chi connectivity index (χ3n) is 3.65. The Labute approximate surface area is 161 Å². The minimum atomic E-state index is -0.385. The second-order valence-electron chi connectivity index (χ2n) is 6.19. The van der Waals surface area contributed by atoms with Crippen molar-refractivity contribution in [2.24, 2.45) is 0 Å². The van der Waals surface area contributed by atoms with Gasteiger partial charge in [0.25, 0.3) is 5.91 Å². The highest BCUT2D eigenvalue weighted by molar-refractivity contribution is 7.99. The number of carbonyl (C=O) groups excluding carboxylic acids is 2. The van der Waals surface area contributed by atoms with E-state index in [9.17, 15) is 9.59 Å². The second kappa shape index (κ2) is 8.18. The molecule has 0 aliphatic carbocycles. The highest BCUT2D eigenvalue weighted by atomic mass is 32.2. The molecular weight excluding hydrogens is 362 g/mol. The summed E-state index contributed by atoms with van der Waals surface area (Å²) in [7, 11) is 0. The van der Waals surface area contributed by atoms with Gasteiger partial charge in [0, 0.05) is 26.8 Å². The van der Waals surface area contributed by atoms with Crippen LogP contribution in [0.25, 0.3) is 11.5 Å². The molecule has 1 N–H and O–H groups in total. The van der Waals surface area contributed by atoms with Gasteiger partial charge in [0.15, 0.2) is 5.78 Å². The fourth-order valence-corrected chi connectivity index (χ4v) is 3.29. The van der Waals surface area contributed by atoms with Crippen molar-refractivity contribution in [3.8, 4) is 11.5 Å². The number of benzene rings is 2. The number of hydrogen-bond acceptors (Lipinski definition) is 6. The Morgan fingerprint density at radius 2 is 1.74 bits per heavy atom. The summed E-state index contributed by atoms with van der Waals surface area (Å²) in [6, 6.07) is 14.2. The Morgan fingerprint density at radius 1 is 1.04 bits per heavy atom. The first-order valence-corrected chi connectivity index (χ1v) is 9.33. The molecule has 0 saturated carbocycles. The summed E-state index contributed by atoms with van der Waals surface area (Å²) < 4.78 is 5.57. The molecular formula is C20H19N3O3S. The van der Waals surface area contributed by atoms with E-state index in [1.807, 2.05) is 24.3 Å². The normalized spacial score (nSPS) is 10.8. The van der Waals surface area contributed by atoms with E-state index in [1.54, 1.807) is 36.0 Å². The first-order valence-electron chi connectivity index (χ1n) is 8.45. The van der Waals surface area contributed by atoms with Gasteiger partial charge in [-0.1, -0.05) is 37.1 Å². The fraction of sp³-hybridized carbons (Fsp3) is 0.200. The molecule has 1 amide bonds. The molecule has 0 atom stereocenters. The lowest BCUT2D eigenvalue weighted by molar-refractivity contribution is 0.100. The van der Waals surface area contributed by atoms with Crippen molar-refractivity contribution in [1.29, 1.82) is 0 Å². The summed E-state index contributed by atoms with van der Waals surface area (Å²) in [5.74, 6) is -0.103. The monoisotopic (exact) mass is 381 g/mol. The van der Waals surface area contributed by atoms with E-state index < -0.39 is 0 Å². The van der Waals surface area contributed by atoms with E-state index in [0.717, 1.165) is 10.5 Å². The molecule has 1 aromatic heterocycles. The highest BCUT2D eigenvalue weighted by Gasteiger charge is 2.14. The Morgan fingerprint density at radius 3 is 2.41 bits per heavy atom. The summed E-state index contributed by atoms with van der Waals surface area (Å²) >= 11 is 1.74. The van der Waals surface area contributed by atoms with E-state index in [2.05, 4.69) is 29.4 Å². The molecule has 2 aromatic carbocycles. The molecule has 27 heavy (non-hydrogen) atoms. The third kappa shape index (κ3) is 4.83. The maximum Gasteiger partial charge on any atom is 0.322 e. The smallest absolute Gasteiger partial charge is 0.322 e. The quantitative estimate of drug-likeness (QED) is 0.492. The lowest BCUT2D eigenvalue weighted by Crippen LogP contribution is -2.12. The number of thioether (sulfide) groups is 1. The van der Waals surface area contributed by atoms with Gasteiger partial charge in [0.1, 0.15) is 0 Å². The van der Waals surface area contributed by atoms with E-state index in [0.29, 0.717) is 22.3 Å². The van der Waals surface area contributed by atoms with Crippen molar-refractivity contribution in [1.82, 2.24) is 10.2 Å². The van der Waals surface area contributed by atoms with Gasteiger partial charge in [-0.3, -0.25) is 14.9 Å². The summed E-state index contributed by atoms with van der Waals surface area (Å²) in [4.78, 5) is 24.7. The standard InChI is InChI=1S/C20H19N3O3S/c1-12(2)27-17-6-4-5-16(11-17)19-22-23-20(26-19)21-18(25)15-9-7-14(8-10-15)13(3)24/h4-12H,1-3H3,(H,21,23,25). The maximum atomic E-state index is 12.3. The van der Waals surface area contributed by atoms with Crippen LogP contribution in [0.3, 0.4) is 0 Å². The third-order valence-corrected chi connectivity index (χ3v) is 4.65. The zero-order valence-electron chi connectivity index (χ0n) is 15.2. The molecule has 0 aliphatic heterocycles. The summed E-state index contributed by atoms with van der Waals surface area (Å²) in [5.41, 5.74) is 1.74. The number of carbonyl (C=O) groups is 2. The first-order chi connectivity index (χ1) is 12.9. The minimum Gasteiger partial charge on any atom is -0.403 e. The molecule has 3 aromatic rings. The topological polar surface area (TPSA) is 85.1 Å². The van der Waals surface area contributed by atoms with Crippen molar-refractivity contribution in [3.63, 3.8) is 0 Å². The van der Waals surface area contributed by atoms with Gasteiger partial charge in [-0.2, -0.15) is 0 Å². The van der Waals surface area contributed by atoms with Gasteiger partial charge >= 0.3 is 6.01 Å². The highest BCUT2D eigenvalue weighted by Crippen LogP contribution is 2.28. The van der Waals surface area contributed by atoms with Gasteiger partial charge in [-0.05, 0) is 37.3 Å². The van der Waals surface area contributed by atoms with Crippen LogP contribution >= 0.6 is 11.8 Å². The summed E-state index contributed by atoms with van der Waals surface area (Å²) in [6.07, 6.45) is 0. The van der Waals surface area contributed by atoms with Crippen LogP contribution in [0.5, 0.6) is 0 Å². The molecule has 0 spiro atoms. The van der Waals surface area contributed by atoms with Crippen LogP contribution in [-0.4, -0.2) is 27.1 Å². The Balaban J connectivity index is 1.72. The lowest BCUT2D eigenvalue weighted by Gasteiger charge is -2.05. The van der Waals surface area contributed by atoms with Crippen LogP contribution in [0.4, 0.5) is 6.01 Å².